The smallest absolute Gasteiger partial charge is 0.325 e. The van der Waals surface area contributed by atoms with Gasteiger partial charge in [-0.3, -0.25) is 4.79 Å². The summed E-state index contributed by atoms with van der Waals surface area (Å²) in [5.41, 5.74) is 17.2. The molecule has 54 heavy (non-hydrogen) atoms. The molecule has 0 atom stereocenters. The highest BCUT2D eigenvalue weighted by molar-refractivity contribution is 6.41. The third-order valence-corrected chi connectivity index (χ3v) is 9.41. The summed E-state index contributed by atoms with van der Waals surface area (Å²) in [5, 5.41) is 10.8. The molecule has 0 saturated heterocycles. The number of urea groups is 2. The van der Waals surface area contributed by atoms with Gasteiger partial charge in [-0.05, 0) is 67.4 Å². The molecule has 2 aromatic heterocycles. The van der Waals surface area contributed by atoms with Gasteiger partial charge in [-0.2, -0.15) is 0 Å². The van der Waals surface area contributed by atoms with E-state index in [0.717, 1.165) is 38.3 Å². The summed E-state index contributed by atoms with van der Waals surface area (Å²) < 4.78 is 0. The minimum atomic E-state index is -0.799. The van der Waals surface area contributed by atoms with Crippen molar-refractivity contribution in [2.75, 3.05) is 9.80 Å². The molecule has 0 spiro atoms. The summed E-state index contributed by atoms with van der Waals surface area (Å²) in [6.07, 6.45) is 0.718. The standard InChI is InChI=1S/C20H17Cl2N3O2.C20H15Cl2N3O2/c2*1-12-5-2-3-6-14(12)18-13(11-26)9-10-17(24-18)25(20(23)27)19-15(21)7-4-8-16(19)22/h2-10,26H,11H2,1H3,(H2,23,27);2-11H,1H3,(H2,23,27). The Morgan fingerprint density at radius 2 is 1.02 bits per heavy atom. The molecule has 0 fully saturated rings. The van der Waals surface area contributed by atoms with E-state index >= 15 is 0 Å². The second-order valence-electron chi connectivity index (χ2n) is 11.7. The number of aliphatic hydroxyl groups excluding tert-OH is 1. The van der Waals surface area contributed by atoms with Gasteiger partial charge in [0.1, 0.15) is 11.6 Å². The first kappa shape index (κ1) is 39.7. The number of benzene rings is 4. The first-order chi connectivity index (χ1) is 25.9. The molecular formula is C40H32Cl4N6O4. The fourth-order valence-electron chi connectivity index (χ4n) is 5.62. The van der Waals surface area contributed by atoms with Crippen molar-refractivity contribution in [1.82, 2.24) is 9.97 Å². The monoisotopic (exact) mass is 800 g/mol. The van der Waals surface area contributed by atoms with Crippen LogP contribution in [0.1, 0.15) is 27.0 Å². The van der Waals surface area contributed by atoms with E-state index in [9.17, 15) is 19.5 Å². The Morgan fingerprint density at radius 1 is 0.611 bits per heavy atom. The van der Waals surface area contributed by atoms with Crippen LogP contribution in [0.15, 0.2) is 109 Å². The molecule has 274 valence electrons. The number of rotatable bonds is 8. The first-order valence-corrected chi connectivity index (χ1v) is 17.6. The molecule has 0 aliphatic carbocycles. The van der Waals surface area contributed by atoms with Crippen molar-refractivity contribution >= 4 is 87.8 Å². The molecule has 10 nitrogen and oxygen atoms in total. The van der Waals surface area contributed by atoms with Crippen molar-refractivity contribution in [3.8, 4) is 22.5 Å². The fraction of sp³-hybridized carbons (Fsp3) is 0.0750. The van der Waals surface area contributed by atoms with Crippen LogP contribution in [0.2, 0.25) is 20.1 Å². The second-order valence-corrected chi connectivity index (χ2v) is 13.3. The van der Waals surface area contributed by atoms with Crippen molar-refractivity contribution < 1.29 is 19.5 Å². The Labute approximate surface area is 331 Å². The van der Waals surface area contributed by atoms with Crippen LogP contribution in [0.25, 0.3) is 22.5 Å². The van der Waals surface area contributed by atoms with Gasteiger partial charge in [-0.1, -0.05) is 113 Å². The largest absolute Gasteiger partial charge is 0.392 e. The minimum Gasteiger partial charge on any atom is -0.392 e. The quantitative estimate of drug-likeness (QED) is 0.130. The van der Waals surface area contributed by atoms with Crippen molar-refractivity contribution in [3.05, 3.63) is 152 Å². The van der Waals surface area contributed by atoms with Crippen LogP contribution < -0.4 is 21.3 Å². The zero-order chi connectivity index (χ0) is 39.1. The second kappa shape index (κ2) is 17.6. The normalized spacial score (nSPS) is 10.6. The molecule has 6 aromatic rings. The van der Waals surface area contributed by atoms with Gasteiger partial charge < -0.3 is 16.6 Å². The Balaban J connectivity index is 0.000000208. The van der Waals surface area contributed by atoms with E-state index in [1.165, 1.54) is 6.07 Å². The number of primary amides is 2. The summed E-state index contributed by atoms with van der Waals surface area (Å²) in [4.78, 5) is 47.3. The predicted octanol–water partition coefficient (Wildman–Crippen LogP) is 10.5. The third-order valence-electron chi connectivity index (χ3n) is 8.19. The number of aromatic nitrogens is 2. The number of halogens is 4. The van der Waals surface area contributed by atoms with Crippen LogP contribution in [0, 0.1) is 13.8 Å². The van der Waals surface area contributed by atoms with E-state index in [4.69, 9.17) is 57.9 Å². The van der Waals surface area contributed by atoms with E-state index in [1.807, 2.05) is 62.4 Å². The molecule has 0 aliphatic heterocycles. The van der Waals surface area contributed by atoms with Crippen LogP contribution in [-0.4, -0.2) is 33.4 Å². The predicted molar refractivity (Wildman–Crippen MR) is 216 cm³/mol. The van der Waals surface area contributed by atoms with Crippen molar-refractivity contribution in [2.24, 2.45) is 11.5 Å². The number of carbonyl (C=O) groups excluding carboxylic acids is 3. The van der Waals surface area contributed by atoms with Gasteiger partial charge in [0.2, 0.25) is 0 Å². The number of anilines is 4. The molecule has 0 radical (unpaired) electrons. The van der Waals surface area contributed by atoms with Crippen LogP contribution in [0.5, 0.6) is 0 Å². The van der Waals surface area contributed by atoms with Crippen LogP contribution in [0.4, 0.5) is 32.6 Å². The topological polar surface area (TPSA) is 156 Å². The molecule has 5 N–H and O–H groups in total. The van der Waals surface area contributed by atoms with Gasteiger partial charge in [0, 0.05) is 22.3 Å². The molecule has 4 aromatic carbocycles. The van der Waals surface area contributed by atoms with Crippen molar-refractivity contribution in [2.45, 2.75) is 20.5 Å². The number of hydrogen-bond donors (Lipinski definition) is 3. The molecule has 4 amide bonds. The van der Waals surface area contributed by atoms with E-state index in [0.29, 0.717) is 22.5 Å². The number of aryl methyl sites for hydroxylation is 2. The average molecular weight is 803 g/mol. The fourth-order valence-corrected chi connectivity index (χ4v) is 6.75. The molecule has 0 aliphatic rings. The maximum absolute atomic E-state index is 12.2. The zero-order valence-corrected chi connectivity index (χ0v) is 31.8. The number of pyridine rings is 2. The number of hydrogen-bond acceptors (Lipinski definition) is 6. The summed E-state index contributed by atoms with van der Waals surface area (Å²) in [7, 11) is 0. The summed E-state index contributed by atoms with van der Waals surface area (Å²) in [5.74, 6) is 0.467. The molecule has 6 rings (SSSR count). The molecule has 0 saturated carbocycles. The number of nitrogens with zero attached hydrogens (tertiary/aromatic N) is 4. The SMILES string of the molecule is Cc1ccccc1-c1nc(N(C(N)=O)c2c(Cl)cccc2Cl)ccc1C=O.Cc1ccccc1-c1nc(N(C(N)=O)c2c(Cl)cccc2Cl)ccc1CO. The van der Waals surface area contributed by atoms with Crippen molar-refractivity contribution in [3.63, 3.8) is 0 Å². The Kier molecular flexibility index (Phi) is 12.9. The minimum absolute atomic E-state index is 0.194. The van der Waals surface area contributed by atoms with Crippen LogP contribution in [-0.2, 0) is 6.61 Å². The lowest BCUT2D eigenvalue weighted by atomic mass is 10.0. The number of amides is 4. The van der Waals surface area contributed by atoms with Gasteiger partial charge in [-0.25, -0.2) is 29.4 Å². The summed E-state index contributed by atoms with van der Waals surface area (Å²) in [6.45, 7) is 3.66. The van der Waals surface area contributed by atoms with E-state index in [-0.39, 0.29) is 49.7 Å². The average Bonchev–Trinajstić information content (AvgIpc) is 3.15. The van der Waals surface area contributed by atoms with Crippen LogP contribution in [0.3, 0.4) is 0 Å². The lowest BCUT2D eigenvalue weighted by Gasteiger charge is -2.23. The Hall–Kier alpha value is -5.49. The Bertz CT molecular complexity index is 2330. The number of carbonyl (C=O) groups is 3. The van der Waals surface area contributed by atoms with E-state index < -0.39 is 12.1 Å². The lowest BCUT2D eigenvalue weighted by Crippen LogP contribution is -2.32. The maximum atomic E-state index is 12.2. The van der Waals surface area contributed by atoms with Gasteiger partial charge in [0.25, 0.3) is 0 Å². The molecular weight excluding hydrogens is 770 g/mol. The third kappa shape index (κ3) is 8.49. The first-order valence-electron chi connectivity index (χ1n) is 16.1. The summed E-state index contributed by atoms with van der Waals surface area (Å²) >= 11 is 25.0. The van der Waals surface area contributed by atoms with E-state index in [1.54, 1.807) is 54.6 Å². The zero-order valence-electron chi connectivity index (χ0n) is 28.8. The molecule has 14 heteroatoms. The lowest BCUT2D eigenvalue weighted by molar-refractivity contribution is 0.112. The number of nitrogens with two attached hydrogens (primary N) is 2. The number of para-hydroxylation sites is 2. The van der Waals surface area contributed by atoms with Crippen molar-refractivity contribution in [1.29, 1.82) is 0 Å². The summed E-state index contributed by atoms with van der Waals surface area (Å²) in [6, 6.07) is 29.7. The highest BCUT2D eigenvalue weighted by Gasteiger charge is 2.25. The molecule has 0 unspecified atom stereocenters. The van der Waals surface area contributed by atoms with Gasteiger partial charge in [-0.15, -0.1) is 0 Å². The highest BCUT2D eigenvalue weighted by atomic mass is 35.5. The maximum Gasteiger partial charge on any atom is 0.325 e. The molecule has 0 bridgehead atoms. The van der Waals surface area contributed by atoms with Gasteiger partial charge in [0.15, 0.2) is 6.29 Å². The van der Waals surface area contributed by atoms with Gasteiger partial charge in [0.05, 0.1) is 49.5 Å². The highest BCUT2D eigenvalue weighted by Crippen LogP contribution is 2.40. The van der Waals surface area contributed by atoms with Crippen LogP contribution >= 0.6 is 46.4 Å². The molecule has 2 heterocycles. The number of aldehydes is 1. The Morgan fingerprint density at radius 3 is 1.43 bits per heavy atom. The van der Waals surface area contributed by atoms with E-state index in [2.05, 4.69) is 9.97 Å². The van der Waals surface area contributed by atoms with Gasteiger partial charge >= 0.3 is 12.1 Å². The number of aliphatic hydroxyl groups is 1.